The number of sulfonamides is 1. The summed E-state index contributed by atoms with van der Waals surface area (Å²) in [4.78, 5) is 28.8. The third kappa shape index (κ3) is 9.76. The molecule has 0 unspecified atom stereocenters. The van der Waals surface area contributed by atoms with Crippen LogP contribution < -0.4 is 15.4 Å². The van der Waals surface area contributed by atoms with Crippen LogP contribution in [0.5, 0.6) is 5.75 Å². The number of aliphatic hydroxyl groups excluding tert-OH is 2. The zero-order valence-electron chi connectivity index (χ0n) is 27.1. The van der Waals surface area contributed by atoms with Crippen molar-refractivity contribution in [1.82, 2.24) is 14.9 Å². The molecule has 2 aliphatic rings. The fourth-order valence-corrected chi connectivity index (χ4v) is 7.04. The van der Waals surface area contributed by atoms with Gasteiger partial charge in [-0.25, -0.2) is 17.5 Å². The van der Waals surface area contributed by atoms with E-state index >= 15 is 0 Å². The second kappa shape index (κ2) is 15.9. The Morgan fingerprint density at radius 3 is 2.47 bits per heavy atom. The first-order valence-corrected chi connectivity index (χ1v) is 17.3. The van der Waals surface area contributed by atoms with Gasteiger partial charge in [-0.1, -0.05) is 6.07 Å². The van der Waals surface area contributed by atoms with Crippen molar-refractivity contribution in [2.45, 2.75) is 56.5 Å². The number of carbonyl (C=O) groups is 2. The molecule has 2 atom stereocenters. The lowest BCUT2D eigenvalue weighted by Crippen LogP contribution is -2.50. The summed E-state index contributed by atoms with van der Waals surface area (Å²) in [5.41, 5.74) is -1.04. The van der Waals surface area contributed by atoms with Crippen LogP contribution in [-0.4, -0.2) is 116 Å². The van der Waals surface area contributed by atoms with Crippen LogP contribution in [0, 0.1) is 6.92 Å². The van der Waals surface area contributed by atoms with Gasteiger partial charge in [0.2, 0.25) is 10.0 Å². The van der Waals surface area contributed by atoms with Crippen molar-refractivity contribution in [3.05, 3.63) is 64.2 Å². The minimum Gasteiger partial charge on any atom is -0.493 e. The summed E-state index contributed by atoms with van der Waals surface area (Å²) in [5, 5.41) is 34.8. The second-order valence-corrected chi connectivity index (χ2v) is 14.1. The fraction of sp³-hybridized carbons (Fsp3) is 0.531. The van der Waals surface area contributed by atoms with Crippen molar-refractivity contribution >= 4 is 27.7 Å². The van der Waals surface area contributed by atoms with Crippen molar-refractivity contribution in [2.24, 2.45) is 4.99 Å². The van der Waals surface area contributed by atoms with E-state index in [1.807, 2.05) is 0 Å². The minimum absolute atomic E-state index is 0.00903. The van der Waals surface area contributed by atoms with Gasteiger partial charge in [-0.2, -0.15) is 13.2 Å². The van der Waals surface area contributed by atoms with Gasteiger partial charge in [-0.3, -0.25) is 9.79 Å². The maximum absolute atomic E-state index is 13.8. The average Bonchev–Trinajstić information content (AvgIpc) is 3.36. The van der Waals surface area contributed by atoms with E-state index in [4.69, 9.17) is 14.6 Å². The second-order valence-electron chi connectivity index (χ2n) is 12.1. The zero-order valence-corrected chi connectivity index (χ0v) is 27.9. The van der Waals surface area contributed by atoms with E-state index in [0.29, 0.717) is 24.3 Å². The van der Waals surface area contributed by atoms with Crippen molar-refractivity contribution in [3.63, 3.8) is 0 Å². The average molecular weight is 715 g/mol. The number of hydrogen-bond acceptors (Lipinski definition) is 10. The number of nitrogens with zero attached hydrogens (tertiary/aromatic N) is 2. The number of rotatable bonds is 16. The summed E-state index contributed by atoms with van der Waals surface area (Å²) >= 11 is 0. The molecule has 2 aromatic carbocycles. The minimum atomic E-state index is -4.76. The van der Waals surface area contributed by atoms with Gasteiger partial charge >= 0.3 is 12.1 Å². The van der Waals surface area contributed by atoms with Crippen molar-refractivity contribution in [1.29, 1.82) is 0 Å². The Morgan fingerprint density at radius 2 is 1.84 bits per heavy atom. The lowest BCUT2D eigenvalue weighted by molar-refractivity contribution is -0.137. The molecule has 13 nitrogen and oxygen atoms in total. The molecule has 0 aliphatic carbocycles. The maximum atomic E-state index is 13.8. The first-order chi connectivity index (χ1) is 23.0. The van der Waals surface area contributed by atoms with E-state index in [-0.39, 0.29) is 80.5 Å². The number of aliphatic imine (C=N–C) groups is 1. The quantitative estimate of drug-likeness (QED) is 0.160. The summed E-state index contributed by atoms with van der Waals surface area (Å²) in [7, 11) is -2.03. The number of nitrogens with one attached hydrogen (secondary N) is 2. The van der Waals surface area contributed by atoms with Gasteiger partial charge < -0.3 is 35.4 Å². The highest BCUT2D eigenvalue weighted by Crippen LogP contribution is 2.36. The zero-order chi connectivity index (χ0) is 36.0. The molecule has 2 aromatic rings. The molecule has 17 heteroatoms. The summed E-state index contributed by atoms with van der Waals surface area (Å²) in [6, 6.07) is 7.37. The number of halogens is 3. The Hall–Kier alpha value is -3.61. The number of carboxylic acid groups (broad SMARTS) is 1. The van der Waals surface area contributed by atoms with E-state index in [0.717, 1.165) is 12.1 Å². The van der Waals surface area contributed by atoms with Crippen LogP contribution in [0.3, 0.4) is 0 Å². The number of carboxylic acids is 1. The molecular formula is C32H41F3N4O9S. The highest BCUT2D eigenvalue weighted by Gasteiger charge is 2.47. The molecule has 2 heterocycles. The first-order valence-electron chi connectivity index (χ1n) is 15.7. The predicted octanol–water partition coefficient (Wildman–Crippen LogP) is 1.72. The van der Waals surface area contributed by atoms with Crippen LogP contribution in [0.1, 0.15) is 51.9 Å². The van der Waals surface area contributed by atoms with Crippen LogP contribution in [0.15, 0.2) is 41.4 Å². The van der Waals surface area contributed by atoms with Crippen molar-refractivity contribution < 1.29 is 56.0 Å². The number of ether oxygens (including phenoxy) is 2. The van der Waals surface area contributed by atoms with Crippen molar-refractivity contribution in [3.8, 4) is 5.75 Å². The maximum Gasteiger partial charge on any atom is 0.416 e. The Morgan fingerprint density at radius 1 is 1.12 bits per heavy atom. The van der Waals surface area contributed by atoms with Gasteiger partial charge in [-0.05, 0) is 74.7 Å². The van der Waals surface area contributed by atoms with E-state index < -0.39 is 51.4 Å². The number of hydrogen-bond donors (Lipinski definition) is 5. The molecule has 1 saturated heterocycles. The highest BCUT2D eigenvalue weighted by molar-refractivity contribution is 7.89. The van der Waals surface area contributed by atoms with Crippen LogP contribution in [0.25, 0.3) is 0 Å². The Labute approximate surface area is 282 Å². The lowest BCUT2D eigenvalue weighted by atomic mass is 9.89. The smallest absolute Gasteiger partial charge is 0.416 e. The van der Waals surface area contributed by atoms with Gasteiger partial charge in [-0.15, -0.1) is 0 Å². The molecule has 0 bridgehead atoms. The van der Waals surface area contributed by atoms with Crippen LogP contribution in [-0.2, 0) is 32.2 Å². The Balaban J connectivity index is 1.41. The number of aryl methyl sites for hydroxylation is 2. The Kier molecular flexibility index (Phi) is 12.4. The third-order valence-electron chi connectivity index (χ3n) is 8.56. The predicted molar refractivity (Wildman–Crippen MR) is 172 cm³/mol. The number of aromatic carboxylic acids is 1. The number of amidine groups is 1. The summed E-state index contributed by atoms with van der Waals surface area (Å²) in [5.74, 6) is -2.17. The van der Waals surface area contributed by atoms with Gasteiger partial charge in [0, 0.05) is 31.6 Å². The van der Waals surface area contributed by atoms with Gasteiger partial charge in [0.15, 0.2) is 0 Å². The summed E-state index contributed by atoms with van der Waals surface area (Å²) < 4.78 is 79.8. The number of aliphatic hydroxyl groups is 2. The number of benzene rings is 2. The molecule has 1 spiro atoms. The van der Waals surface area contributed by atoms with Gasteiger partial charge in [0.05, 0.1) is 42.8 Å². The number of carbonyl (C=O) groups excluding carboxylic acids is 1. The molecule has 0 aromatic heterocycles. The van der Waals surface area contributed by atoms with Crippen LogP contribution in [0.2, 0.25) is 0 Å². The Bertz CT molecular complexity index is 1640. The van der Waals surface area contributed by atoms with Gasteiger partial charge in [0.25, 0.3) is 5.91 Å². The SMILES string of the molecule is CNCCOC[C@@H](O)[C@@H](O)CCOc1cc(C2=NC3(CCN(S(=O)(=O)CCc4ccc(C(=O)O)cc4C)CC3)C(=O)N2)cc(C(F)(F)F)c1. The number of piperidine rings is 1. The number of alkyl halides is 3. The normalized spacial score (nSPS) is 17.9. The highest BCUT2D eigenvalue weighted by atomic mass is 32.2. The van der Waals surface area contributed by atoms with Crippen LogP contribution in [0.4, 0.5) is 13.2 Å². The largest absolute Gasteiger partial charge is 0.493 e. The molecule has 1 amide bonds. The topological polar surface area (TPSA) is 187 Å². The van der Waals surface area contributed by atoms with E-state index in [1.54, 1.807) is 20.0 Å². The molecule has 0 radical (unpaired) electrons. The molecule has 2 aliphatic heterocycles. The standard InChI is InChI=1S/C32H41F3N4O9S/c1-20-15-22(29(42)43)4-3-21(20)6-14-49(45,46)39-10-7-31(8-11-39)30(44)37-28(38-31)23-16-24(32(33,34)35)18-25(17-23)48-12-5-26(40)27(41)19-47-13-9-36-2/h3-4,15-18,26-27,36,40-41H,5-14,19H2,1-2H3,(H,42,43)(H,37,38,44)/t26-,27+/m0/s1. The summed E-state index contributed by atoms with van der Waals surface area (Å²) in [6.45, 7) is 2.14. The molecule has 49 heavy (non-hydrogen) atoms. The van der Waals surface area contributed by atoms with E-state index in [9.17, 15) is 41.4 Å². The third-order valence-corrected chi connectivity index (χ3v) is 10.4. The first kappa shape index (κ1) is 38.2. The van der Waals surface area contributed by atoms with E-state index in [1.165, 1.54) is 22.5 Å². The monoisotopic (exact) mass is 714 g/mol. The molecule has 1 fully saturated rings. The number of likely N-dealkylation sites (N-methyl/N-ethyl adjacent to an activating group) is 1. The summed E-state index contributed by atoms with van der Waals surface area (Å²) in [6.07, 6.45) is -7.15. The molecule has 0 saturated carbocycles. The van der Waals surface area contributed by atoms with Crippen molar-refractivity contribution in [2.75, 3.05) is 52.3 Å². The van der Waals surface area contributed by atoms with Crippen LogP contribution >= 0.6 is 0 Å². The molecule has 270 valence electrons. The molecule has 5 N–H and O–H groups in total. The molecule has 4 rings (SSSR count). The van der Waals surface area contributed by atoms with E-state index in [2.05, 4.69) is 15.6 Å². The lowest BCUT2D eigenvalue weighted by Gasteiger charge is -2.34. The fourth-order valence-electron chi connectivity index (χ4n) is 5.57. The molecular weight excluding hydrogens is 673 g/mol. The van der Waals surface area contributed by atoms with Gasteiger partial charge in [0.1, 0.15) is 23.2 Å². The number of amides is 1.